The number of benzene rings is 5. The highest BCUT2D eigenvalue weighted by atomic mass is 35.5. The van der Waals surface area contributed by atoms with E-state index in [0.29, 0.717) is 41.2 Å². The summed E-state index contributed by atoms with van der Waals surface area (Å²) >= 11 is 7.79. The van der Waals surface area contributed by atoms with Gasteiger partial charge in [0.1, 0.15) is 12.0 Å². The number of carbonyl (C=O) groups excluding carboxylic acids is 1. The molecule has 2 saturated heterocycles. The minimum absolute atomic E-state index is 0.0666. The standard InChI is InChI=1S/C47H50ClN9O5S2/c1-34(58)55-25-21-53(22-26-55)20-19-38(32-63-40-8-3-2-4-9-40)51-44-18-16-41(30-46(44)57(59)60)64(61,62)52-47-43-17-15-39(29-45(43)49-33-50-47)56-27-23-54(24-28-56)31-36-7-5-6-10-42(36)35-11-13-37(48)14-12-35/h2-18,29-30,33,38,51H,19-28,31-32H2,1H3,(H,49,50,52)/t38-/m1/s1. The SMILES string of the molecule is CC(=O)N1CCN(CC[C@H](CSc2ccccc2)Nc2ccc(S(=O)(=O)Nc3ncnc4cc(N5CCN(Cc6ccccc6-c6ccc(Cl)cc6)CC5)ccc34)cc2[N+](=O)[O-])CC1. The second-order valence-corrected chi connectivity index (χ2v) is 19.2. The van der Waals surface area contributed by atoms with Gasteiger partial charge in [0.2, 0.25) is 5.91 Å². The minimum atomic E-state index is -4.31. The number of nitro benzene ring substituents is 1. The Balaban J connectivity index is 0.928. The van der Waals surface area contributed by atoms with Crippen molar-refractivity contribution in [2.24, 2.45) is 0 Å². The van der Waals surface area contributed by atoms with Gasteiger partial charge in [0.15, 0.2) is 5.82 Å². The molecule has 17 heteroatoms. The topological polar surface area (TPSA) is 157 Å². The first kappa shape index (κ1) is 44.8. The van der Waals surface area contributed by atoms with Gasteiger partial charge in [-0.15, -0.1) is 11.8 Å². The molecule has 2 fully saturated rings. The number of fused-ring (bicyclic) bond motifs is 1. The van der Waals surface area contributed by atoms with Crippen LogP contribution in [0.1, 0.15) is 18.9 Å². The van der Waals surface area contributed by atoms with E-state index in [9.17, 15) is 23.3 Å². The maximum Gasteiger partial charge on any atom is 0.293 e. The molecule has 0 unspecified atom stereocenters. The largest absolute Gasteiger partial charge is 0.376 e. The molecular weight excluding hydrogens is 870 g/mol. The van der Waals surface area contributed by atoms with Crippen LogP contribution in [0.25, 0.3) is 22.0 Å². The number of sulfonamides is 1. The number of rotatable bonds is 16. The van der Waals surface area contributed by atoms with Crippen molar-refractivity contribution in [1.29, 1.82) is 0 Å². The van der Waals surface area contributed by atoms with Crippen LogP contribution in [-0.4, -0.2) is 115 Å². The van der Waals surface area contributed by atoms with Crippen molar-refractivity contribution < 1.29 is 18.1 Å². The van der Waals surface area contributed by atoms with Gasteiger partial charge in [-0.3, -0.25) is 29.4 Å². The van der Waals surface area contributed by atoms with Crippen molar-refractivity contribution in [1.82, 2.24) is 24.7 Å². The van der Waals surface area contributed by atoms with Crippen molar-refractivity contribution in [2.75, 3.05) is 79.6 Å². The summed E-state index contributed by atoms with van der Waals surface area (Å²) in [4.78, 5) is 42.2. The summed E-state index contributed by atoms with van der Waals surface area (Å²) in [6.45, 7) is 9.28. The molecule has 0 radical (unpaired) electrons. The first-order valence-corrected chi connectivity index (χ1v) is 24.1. The van der Waals surface area contributed by atoms with Gasteiger partial charge in [-0.05, 0) is 77.7 Å². The Morgan fingerprint density at radius 3 is 2.30 bits per heavy atom. The zero-order valence-electron chi connectivity index (χ0n) is 35.5. The minimum Gasteiger partial charge on any atom is -0.376 e. The van der Waals surface area contributed by atoms with Crippen LogP contribution in [0.5, 0.6) is 0 Å². The lowest BCUT2D eigenvalue weighted by molar-refractivity contribution is -0.384. The molecular formula is C47H50ClN9O5S2. The number of nitro groups is 1. The Morgan fingerprint density at radius 2 is 1.56 bits per heavy atom. The van der Waals surface area contributed by atoms with E-state index in [2.05, 4.69) is 71.1 Å². The second-order valence-electron chi connectivity index (χ2n) is 16.0. The Bertz CT molecular complexity index is 2700. The predicted molar refractivity (Wildman–Crippen MR) is 256 cm³/mol. The third kappa shape index (κ3) is 11.1. The number of amides is 1. The maximum absolute atomic E-state index is 13.9. The van der Waals surface area contributed by atoms with E-state index in [1.807, 2.05) is 65.6 Å². The molecule has 1 aromatic heterocycles. The fraction of sp³-hybridized carbons (Fsp3) is 0.298. The van der Waals surface area contributed by atoms with Crippen LogP contribution in [0.3, 0.4) is 0 Å². The summed E-state index contributed by atoms with van der Waals surface area (Å²) in [5, 5.41) is 17.1. The second kappa shape index (κ2) is 20.4. The number of halogens is 1. The normalized spacial score (nSPS) is 15.5. The Hall–Kier alpha value is -5.78. The van der Waals surface area contributed by atoms with Crippen LogP contribution in [0.4, 0.5) is 22.9 Å². The molecule has 332 valence electrons. The Kier molecular flexibility index (Phi) is 14.3. The number of thioether (sulfide) groups is 1. The van der Waals surface area contributed by atoms with Crippen molar-refractivity contribution in [3.63, 3.8) is 0 Å². The van der Waals surface area contributed by atoms with Crippen LogP contribution in [0, 0.1) is 10.1 Å². The van der Waals surface area contributed by atoms with Crippen molar-refractivity contribution in [3.8, 4) is 11.1 Å². The maximum atomic E-state index is 13.9. The average Bonchev–Trinajstić information content (AvgIpc) is 3.31. The first-order chi connectivity index (χ1) is 31.0. The van der Waals surface area contributed by atoms with Gasteiger partial charge in [-0.2, -0.15) is 0 Å². The lowest BCUT2D eigenvalue weighted by atomic mass is 9.99. The van der Waals surface area contributed by atoms with Gasteiger partial charge in [-0.25, -0.2) is 18.4 Å². The van der Waals surface area contributed by atoms with Gasteiger partial charge in [0.05, 0.1) is 15.3 Å². The molecule has 0 bridgehead atoms. The highest BCUT2D eigenvalue weighted by Gasteiger charge is 2.26. The van der Waals surface area contributed by atoms with Gasteiger partial charge in [-0.1, -0.05) is 66.2 Å². The number of carbonyl (C=O) groups is 1. The van der Waals surface area contributed by atoms with E-state index >= 15 is 0 Å². The lowest BCUT2D eigenvalue weighted by Gasteiger charge is -2.36. The fourth-order valence-electron chi connectivity index (χ4n) is 8.19. The molecule has 5 aromatic carbocycles. The van der Waals surface area contributed by atoms with Gasteiger partial charge in [0.25, 0.3) is 15.7 Å². The van der Waals surface area contributed by atoms with Crippen molar-refractivity contribution in [2.45, 2.75) is 35.7 Å². The Morgan fingerprint density at radius 1 is 0.844 bits per heavy atom. The number of piperazine rings is 2. The van der Waals surface area contributed by atoms with Crippen LogP contribution in [0.15, 0.2) is 131 Å². The summed E-state index contributed by atoms with van der Waals surface area (Å²) in [5.41, 5.74) is 4.99. The van der Waals surface area contributed by atoms with Crippen molar-refractivity contribution in [3.05, 3.63) is 142 Å². The monoisotopic (exact) mass is 919 g/mol. The molecule has 1 amide bonds. The fourth-order valence-corrected chi connectivity index (χ4v) is 10.4. The lowest BCUT2D eigenvalue weighted by Crippen LogP contribution is -2.48. The summed E-state index contributed by atoms with van der Waals surface area (Å²) in [5.74, 6) is 0.764. The zero-order valence-corrected chi connectivity index (χ0v) is 37.9. The molecule has 0 saturated carbocycles. The quantitative estimate of drug-likeness (QED) is 0.0547. The third-order valence-corrected chi connectivity index (χ3v) is 14.6. The summed E-state index contributed by atoms with van der Waals surface area (Å²) in [6.07, 6.45) is 1.99. The molecule has 14 nitrogen and oxygen atoms in total. The van der Waals surface area contributed by atoms with E-state index in [4.69, 9.17) is 11.6 Å². The molecule has 2 N–H and O–H groups in total. The average molecular weight is 921 g/mol. The molecule has 1 atom stereocenters. The Labute approximate surface area is 382 Å². The van der Waals surface area contributed by atoms with Gasteiger partial charge < -0.3 is 15.1 Å². The third-order valence-electron chi connectivity index (χ3n) is 11.8. The molecule has 0 aliphatic carbocycles. The predicted octanol–water partition coefficient (Wildman–Crippen LogP) is 8.11. The summed E-state index contributed by atoms with van der Waals surface area (Å²) in [7, 11) is -4.31. The summed E-state index contributed by atoms with van der Waals surface area (Å²) in [6, 6.07) is 35.7. The number of nitrogens with zero attached hydrogens (tertiary/aromatic N) is 7. The smallest absolute Gasteiger partial charge is 0.293 e. The zero-order chi connectivity index (χ0) is 44.6. The van der Waals surface area contributed by atoms with Crippen LogP contribution in [0.2, 0.25) is 5.02 Å². The number of hydrogen-bond acceptors (Lipinski definition) is 12. The molecule has 2 aliphatic heterocycles. The van der Waals surface area contributed by atoms with Crippen LogP contribution in [-0.2, 0) is 21.4 Å². The number of nitrogens with one attached hydrogen (secondary N) is 2. The van der Waals surface area contributed by atoms with Crippen LogP contribution < -0.4 is 14.9 Å². The van der Waals surface area contributed by atoms with E-state index in [0.717, 1.165) is 74.6 Å². The molecule has 8 rings (SSSR count). The highest BCUT2D eigenvalue weighted by Crippen LogP contribution is 2.33. The van der Waals surface area contributed by atoms with E-state index in [1.54, 1.807) is 18.7 Å². The molecule has 0 spiro atoms. The van der Waals surface area contributed by atoms with Gasteiger partial charge in [0, 0.05) is 111 Å². The van der Waals surface area contributed by atoms with E-state index in [-0.39, 0.29) is 34.0 Å². The first-order valence-electron chi connectivity index (χ1n) is 21.3. The molecule has 64 heavy (non-hydrogen) atoms. The summed E-state index contributed by atoms with van der Waals surface area (Å²) < 4.78 is 30.3. The molecule has 3 heterocycles. The number of anilines is 3. The number of hydrogen-bond donors (Lipinski definition) is 2. The van der Waals surface area contributed by atoms with Gasteiger partial charge >= 0.3 is 0 Å². The molecule has 2 aliphatic rings. The van der Waals surface area contributed by atoms with E-state index in [1.165, 1.54) is 29.6 Å². The number of aromatic nitrogens is 2. The van der Waals surface area contributed by atoms with Crippen LogP contribution >= 0.6 is 23.4 Å². The highest BCUT2D eigenvalue weighted by molar-refractivity contribution is 7.99. The van der Waals surface area contributed by atoms with Crippen molar-refractivity contribution >= 4 is 73.1 Å². The molecule has 6 aromatic rings. The van der Waals surface area contributed by atoms with E-state index < -0.39 is 14.9 Å².